The van der Waals surface area contributed by atoms with E-state index in [0.29, 0.717) is 29.8 Å². The van der Waals surface area contributed by atoms with Crippen LogP contribution in [0, 0.1) is 11.8 Å². The van der Waals surface area contributed by atoms with Gasteiger partial charge in [-0.15, -0.1) is 0 Å². The first-order chi connectivity index (χ1) is 13.8. The number of rotatable bonds is 6. The molecule has 0 saturated carbocycles. The highest BCUT2D eigenvalue weighted by atomic mass is 16.7. The van der Waals surface area contributed by atoms with E-state index in [1.807, 2.05) is 13.8 Å². The van der Waals surface area contributed by atoms with Crippen molar-refractivity contribution in [1.29, 1.82) is 0 Å². The highest BCUT2D eigenvalue weighted by molar-refractivity contribution is 5.92. The van der Waals surface area contributed by atoms with Crippen LogP contribution in [-0.2, 0) is 14.2 Å². The van der Waals surface area contributed by atoms with Gasteiger partial charge >= 0.3 is 0 Å². The Bertz CT molecular complexity index is 913. The zero-order chi connectivity index (χ0) is 21.2. The van der Waals surface area contributed by atoms with Gasteiger partial charge in [-0.1, -0.05) is 5.92 Å². The van der Waals surface area contributed by atoms with Crippen molar-refractivity contribution in [2.45, 2.75) is 51.1 Å². The molecule has 0 bridgehead atoms. The first kappa shape index (κ1) is 21.4. The lowest BCUT2D eigenvalue weighted by Crippen LogP contribution is -2.44. The molecule has 1 saturated heterocycles. The fourth-order valence-corrected chi connectivity index (χ4v) is 3.34. The highest BCUT2D eigenvalue weighted by Gasteiger charge is 2.53. The third kappa shape index (κ3) is 3.93. The molecule has 158 valence electrons. The number of aliphatic hydroxyl groups excluding tert-OH is 2. The summed E-state index contributed by atoms with van der Waals surface area (Å²) >= 11 is 0. The molecular weight excluding hydrogens is 380 g/mol. The van der Waals surface area contributed by atoms with Crippen LogP contribution in [0.1, 0.15) is 32.6 Å². The molecule has 1 fully saturated rings. The molecule has 29 heavy (non-hydrogen) atoms. The zero-order valence-corrected chi connectivity index (χ0v) is 16.6. The predicted molar refractivity (Wildman–Crippen MR) is 103 cm³/mol. The van der Waals surface area contributed by atoms with Gasteiger partial charge in [-0.2, -0.15) is 0 Å². The molecule has 0 aliphatic carbocycles. The summed E-state index contributed by atoms with van der Waals surface area (Å²) in [5, 5.41) is 31.0. The van der Waals surface area contributed by atoms with Crippen LogP contribution in [0.5, 0.6) is 0 Å². The second-order valence-corrected chi connectivity index (χ2v) is 6.80. The number of anilines is 1. The van der Waals surface area contributed by atoms with E-state index in [9.17, 15) is 15.3 Å². The Balaban J connectivity index is 2.09. The molecule has 3 rings (SSSR count). The van der Waals surface area contributed by atoms with E-state index in [1.54, 1.807) is 6.20 Å². The molecule has 10 heteroatoms. The number of nitrogen functional groups attached to an aromatic ring is 1. The summed E-state index contributed by atoms with van der Waals surface area (Å²) in [5.74, 6) is 6.08. The molecule has 1 aliphatic rings. The van der Waals surface area contributed by atoms with Crippen molar-refractivity contribution in [2.75, 3.05) is 25.6 Å². The zero-order valence-electron chi connectivity index (χ0n) is 16.6. The predicted octanol–water partition coefficient (Wildman–Crippen LogP) is -0.234. The van der Waals surface area contributed by atoms with Crippen LogP contribution in [0.4, 0.5) is 5.82 Å². The van der Waals surface area contributed by atoms with E-state index in [2.05, 4.69) is 21.8 Å². The van der Waals surface area contributed by atoms with Crippen molar-refractivity contribution in [2.24, 2.45) is 0 Å². The lowest BCUT2D eigenvalue weighted by molar-refractivity contribution is -0.0970. The monoisotopic (exact) mass is 406 g/mol. The number of ether oxygens (including phenoxy) is 3. The number of hydrogen-bond acceptors (Lipinski definition) is 9. The number of nitrogens with two attached hydrogens (primary N) is 1. The van der Waals surface area contributed by atoms with Gasteiger partial charge in [0.15, 0.2) is 6.23 Å². The Morgan fingerprint density at radius 3 is 2.62 bits per heavy atom. The summed E-state index contributed by atoms with van der Waals surface area (Å²) < 4.78 is 18.1. The Hall–Kier alpha value is -2.26. The van der Waals surface area contributed by atoms with E-state index in [4.69, 9.17) is 19.9 Å². The van der Waals surface area contributed by atoms with Crippen molar-refractivity contribution in [1.82, 2.24) is 14.5 Å². The maximum Gasteiger partial charge on any atom is 0.222 e. The quantitative estimate of drug-likeness (QED) is 0.377. The maximum absolute atomic E-state index is 10.8. The molecule has 3 heterocycles. The summed E-state index contributed by atoms with van der Waals surface area (Å²) in [5.41, 5.74) is 5.24. The third-order valence-electron chi connectivity index (χ3n) is 4.79. The first-order valence-corrected chi connectivity index (χ1v) is 9.37. The Morgan fingerprint density at radius 1 is 1.34 bits per heavy atom. The second kappa shape index (κ2) is 8.62. The smallest absolute Gasteiger partial charge is 0.222 e. The molecule has 5 N–H and O–H groups in total. The lowest BCUT2D eigenvalue weighted by atomic mass is 9.96. The van der Waals surface area contributed by atoms with Gasteiger partial charge in [0.1, 0.15) is 35.6 Å². The number of aromatic nitrogens is 3. The van der Waals surface area contributed by atoms with Crippen LogP contribution < -0.4 is 5.73 Å². The van der Waals surface area contributed by atoms with E-state index in [1.165, 1.54) is 17.8 Å². The molecule has 0 spiro atoms. The Kier molecular flexibility index (Phi) is 6.38. The standard InChI is InChI=1S/C19H26N4O6/c1-4-27-13(28-5-2)7-6-11-8-23(17-14(11)16(20)21-10-22-17)18-19(3,26)15(25)12(9-24)29-18/h8,10,12-13,15,18,24-26H,4-5,9H2,1-3H3,(H2,20,21,22)/t12?,15?,18?,19-/m1/s1. The molecular formula is C19H26N4O6. The first-order valence-electron chi connectivity index (χ1n) is 9.37. The van der Waals surface area contributed by atoms with E-state index >= 15 is 0 Å². The summed E-state index contributed by atoms with van der Waals surface area (Å²) in [6.45, 7) is 5.54. The summed E-state index contributed by atoms with van der Waals surface area (Å²) in [6, 6.07) is 0. The SMILES string of the molecule is CCOC(C#Cc1cn(C2OC(CO)C(O)[C@@]2(C)O)c2ncnc(N)c12)OCC. The molecule has 4 atom stereocenters. The van der Waals surface area contributed by atoms with Gasteiger partial charge in [0, 0.05) is 19.4 Å². The average molecular weight is 406 g/mol. The van der Waals surface area contributed by atoms with Crippen molar-refractivity contribution >= 4 is 16.9 Å². The molecule has 0 amide bonds. The topological polar surface area (TPSA) is 145 Å². The Morgan fingerprint density at radius 2 is 2.03 bits per heavy atom. The molecule has 0 aromatic carbocycles. The number of aliphatic hydroxyl groups is 3. The van der Waals surface area contributed by atoms with Crippen molar-refractivity contribution in [3.63, 3.8) is 0 Å². The van der Waals surface area contributed by atoms with Crippen LogP contribution in [-0.4, -0.2) is 73.8 Å². The Labute approximate surface area is 168 Å². The molecule has 2 aromatic heterocycles. The van der Waals surface area contributed by atoms with Crippen LogP contribution in [0.3, 0.4) is 0 Å². The normalized spacial score (nSPS) is 26.8. The third-order valence-corrected chi connectivity index (χ3v) is 4.79. The average Bonchev–Trinajstić information content (AvgIpc) is 3.16. The minimum atomic E-state index is -1.68. The number of fused-ring (bicyclic) bond motifs is 1. The van der Waals surface area contributed by atoms with E-state index in [0.717, 1.165) is 0 Å². The molecule has 3 unspecified atom stereocenters. The van der Waals surface area contributed by atoms with Gasteiger partial charge in [0.25, 0.3) is 0 Å². The lowest BCUT2D eigenvalue weighted by Gasteiger charge is -2.27. The highest BCUT2D eigenvalue weighted by Crippen LogP contribution is 2.40. The van der Waals surface area contributed by atoms with Crippen molar-refractivity contribution < 1.29 is 29.5 Å². The van der Waals surface area contributed by atoms with Crippen molar-refractivity contribution in [3.05, 3.63) is 18.1 Å². The maximum atomic E-state index is 10.8. The molecule has 2 aromatic rings. The van der Waals surface area contributed by atoms with Gasteiger partial charge in [-0.05, 0) is 26.7 Å². The number of nitrogens with zero attached hydrogens (tertiary/aromatic N) is 3. The van der Waals surface area contributed by atoms with E-state index in [-0.39, 0.29) is 5.82 Å². The van der Waals surface area contributed by atoms with Gasteiger partial charge in [0.05, 0.1) is 17.6 Å². The molecule has 10 nitrogen and oxygen atoms in total. The summed E-state index contributed by atoms with van der Waals surface area (Å²) in [7, 11) is 0. The summed E-state index contributed by atoms with van der Waals surface area (Å²) in [4.78, 5) is 8.28. The minimum absolute atomic E-state index is 0.208. The minimum Gasteiger partial charge on any atom is -0.394 e. The summed E-state index contributed by atoms with van der Waals surface area (Å²) in [6.07, 6.45) is -1.05. The van der Waals surface area contributed by atoms with Gasteiger partial charge in [-0.25, -0.2) is 9.97 Å². The fourth-order valence-electron chi connectivity index (χ4n) is 3.34. The van der Waals surface area contributed by atoms with Gasteiger partial charge in [0.2, 0.25) is 6.29 Å². The second-order valence-electron chi connectivity index (χ2n) is 6.80. The van der Waals surface area contributed by atoms with Crippen LogP contribution in [0.2, 0.25) is 0 Å². The van der Waals surface area contributed by atoms with Crippen molar-refractivity contribution in [3.8, 4) is 11.8 Å². The number of hydrogen-bond donors (Lipinski definition) is 4. The largest absolute Gasteiger partial charge is 0.394 e. The van der Waals surface area contributed by atoms with Crippen LogP contribution in [0.25, 0.3) is 11.0 Å². The van der Waals surface area contributed by atoms with E-state index < -0.39 is 36.9 Å². The van der Waals surface area contributed by atoms with Crippen LogP contribution in [0.15, 0.2) is 12.5 Å². The molecule has 0 radical (unpaired) electrons. The van der Waals surface area contributed by atoms with Crippen LogP contribution >= 0.6 is 0 Å². The van der Waals surface area contributed by atoms with Gasteiger partial charge < -0.3 is 39.8 Å². The molecule has 1 aliphatic heterocycles. The fraction of sp³-hybridized carbons (Fsp3) is 0.579. The van der Waals surface area contributed by atoms with Gasteiger partial charge in [-0.3, -0.25) is 0 Å².